The molecule has 30 heavy (non-hydrogen) atoms. The number of halogens is 1. The normalized spacial score (nSPS) is 14.2. The summed E-state index contributed by atoms with van der Waals surface area (Å²) in [6.45, 7) is 8.12. The fourth-order valence-corrected chi connectivity index (χ4v) is 4.72. The fraction of sp³-hybridized carbons (Fsp3) is 0.435. The minimum Gasteiger partial charge on any atom is -0.366 e. The Kier molecular flexibility index (Phi) is 5.69. The number of nitrogens with two attached hydrogens (primary N) is 1. The third-order valence-electron chi connectivity index (χ3n) is 6.13. The first-order chi connectivity index (χ1) is 14.5. The maximum absolute atomic E-state index is 11.5. The smallest absolute Gasteiger partial charge is 0.250 e. The van der Waals surface area contributed by atoms with Gasteiger partial charge in [-0.15, -0.1) is 0 Å². The number of aryl methyl sites for hydroxylation is 2. The second kappa shape index (κ2) is 8.26. The molecule has 3 heterocycles. The molecule has 158 valence electrons. The van der Waals surface area contributed by atoms with Crippen molar-refractivity contribution in [2.45, 2.75) is 58.9 Å². The lowest BCUT2D eigenvalue weighted by Crippen LogP contribution is -2.23. The molecule has 0 fully saturated rings. The van der Waals surface area contributed by atoms with Crippen LogP contribution in [0.1, 0.15) is 66.9 Å². The van der Waals surface area contributed by atoms with Crippen LogP contribution >= 0.6 is 11.6 Å². The van der Waals surface area contributed by atoms with Gasteiger partial charge in [0.1, 0.15) is 11.3 Å². The molecule has 1 aliphatic rings. The largest absolute Gasteiger partial charge is 0.366 e. The molecule has 7 heteroatoms. The van der Waals surface area contributed by atoms with Crippen molar-refractivity contribution in [3.63, 3.8) is 0 Å². The highest BCUT2D eigenvalue weighted by atomic mass is 35.5. The van der Waals surface area contributed by atoms with Crippen LogP contribution in [0.5, 0.6) is 0 Å². The molecular weight excluding hydrogens is 398 g/mol. The van der Waals surface area contributed by atoms with Crippen LogP contribution in [0.25, 0.3) is 11.0 Å². The molecule has 1 amide bonds. The molecule has 0 saturated heterocycles. The van der Waals surface area contributed by atoms with Gasteiger partial charge in [0.25, 0.3) is 0 Å². The lowest BCUT2D eigenvalue weighted by atomic mass is 9.93. The first-order valence-corrected chi connectivity index (χ1v) is 11.1. The maximum atomic E-state index is 11.5. The molecule has 0 bridgehead atoms. The molecule has 0 spiro atoms. The van der Waals surface area contributed by atoms with Crippen molar-refractivity contribution in [2.24, 2.45) is 5.73 Å². The maximum Gasteiger partial charge on any atom is 0.250 e. The lowest BCUT2D eigenvalue weighted by Gasteiger charge is -2.23. The van der Waals surface area contributed by atoms with Gasteiger partial charge in [-0.25, -0.2) is 9.97 Å². The summed E-state index contributed by atoms with van der Waals surface area (Å²) in [5.74, 6) is 1.67. The third kappa shape index (κ3) is 3.43. The average Bonchev–Trinajstić information content (AvgIpc) is 2.99. The average molecular weight is 426 g/mol. The van der Waals surface area contributed by atoms with E-state index in [2.05, 4.69) is 34.4 Å². The number of carbonyl (C=O) groups excluding carboxylic acids is 1. The predicted octanol–water partition coefficient (Wildman–Crippen LogP) is 5.33. The Morgan fingerprint density at radius 2 is 1.97 bits per heavy atom. The molecule has 0 saturated carbocycles. The molecule has 0 atom stereocenters. The van der Waals surface area contributed by atoms with Gasteiger partial charge < -0.3 is 10.3 Å². The van der Waals surface area contributed by atoms with Gasteiger partial charge in [-0.2, -0.15) is 0 Å². The number of anilines is 2. The van der Waals surface area contributed by atoms with E-state index in [0.717, 1.165) is 67.1 Å². The Morgan fingerprint density at radius 3 is 2.63 bits per heavy atom. The Labute approximate surface area is 182 Å². The van der Waals surface area contributed by atoms with Crippen LogP contribution in [-0.4, -0.2) is 27.0 Å². The van der Waals surface area contributed by atoms with Crippen molar-refractivity contribution in [1.82, 2.24) is 14.5 Å². The second-order valence-corrected chi connectivity index (χ2v) is 8.41. The molecule has 4 rings (SSSR count). The van der Waals surface area contributed by atoms with E-state index in [1.54, 1.807) is 12.3 Å². The van der Waals surface area contributed by atoms with Crippen molar-refractivity contribution >= 4 is 40.3 Å². The van der Waals surface area contributed by atoms with E-state index in [4.69, 9.17) is 22.3 Å². The number of amides is 1. The van der Waals surface area contributed by atoms with Gasteiger partial charge in [0, 0.05) is 19.3 Å². The van der Waals surface area contributed by atoms with Gasteiger partial charge >= 0.3 is 0 Å². The summed E-state index contributed by atoms with van der Waals surface area (Å²) < 4.78 is 2.31. The number of imidazole rings is 1. The summed E-state index contributed by atoms with van der Waals surface area (Å²) in [5.41, 5.74) is 10.1. The third-order valence-corrected chi connectivity index (χ3v) is 6.43. The Morgan fingerprint density at radius 1 is 1.23 bits per heavy atom. The van der Waals surface area contributed by atoms with E-state index in [0.29, 0.717) is 16.5 Å². The zero-order valence-electron chi connectivity index (χ0n) is 17.8. The molecule has 6 nitrogen and oxygen atoms in total. The fourth-order valence-electron chi connectivity index (χ4n) is 4.52. The standard InChI is InChI=1S/C23H28ClN5O/c1-4-15(5-2)17-8-9-18(24)19-20(17)28-10-6-7-11-29(23(28)27-19)22-14(3)12-16(13-26-22)21(25)30/h8-9,12-13,15H,4-7,10-11H2,1-3H3,(H2,25,30). The van der Waals surface area contributed by atoms with E-state index in [1.807, 2.05) is 13.0 Å². The van der Waals surface area contributed by atoms with Gasteiger partial charge in [-0.3, -0.25) is 9.69 Å². The highest BCUT2D eigenvalue weighted by Crippen LogP contribution is 2.39. The highest BCUT2D eigenvalue weighted by molar-refractivity contribution is 6.35. The van der Waals surface area contributed by atoms with Gasteiger partial charge in [0.2, 0.25) is 11.9 Å². The lowest BCUT2D eigenvalue weighted by molar-refractivity contribution is 0.1000. The summed E-state index contributed by atoms with van der Waals surface area (Å²) in [5, 5.41) is 0.675. The first kappa shape index (κ1) is 20.7. The first-order valence-electron chi connectivity index (χ1n) is 10.7. The Bertz CT molecular complexity index is 1100. The molecule has 1 aromatic carbocycles. The number of benzene rings is 1. The van der Waals surface area contributed by atoms with Gasteiger partial charge in [-0.1, -0.05) is 31.5 Å². The van der Waals surface area contributed by atoms with E-state index >= 15 is 0 Å². The Balaban J connectivity index is 1.93. The molecule has 3 aromatic rings. The number of pyridine rings is 1. The van der Waals surface area contributed by atoms with Crippen LogP contribution in [0.4, 0.5) is 11.8 Å². The number of hydrogen-bond acceptors (Lipinski definition) is 4. The monoisotopic (exact) mass is 425 g/mol. The number of fused-ring (bicyclic) bond motifs is 3. The van der Waals surface area contributed by atoms with Crippen LogP contribution in [-0.2, 0) is 6.54 Å². The van der Waals surface area contributed by atoms with Crippen molar-refractivity contribution < 1.29 is 4.79 Å². The zero-order chi connectivity index (χ0) is 21.4. The molecular formula is C23H28ClN5O. The number of primary amides is 1. The van der Waals surface area contributed by atoms with E-state index in [1.165, 1.54) is 5.56 Å². The topological polar surface area (TPSA) is 77.0 Å². The minimum absolute atomic E-state index is 0.415. The zero-order valence-corrected chi connectivity index (χ0v) is 18.5. The van der Waals surface area contributed by atoms with Crippen LogP contribution in [0.3, 0.4) is 0 Å². The summed E-state index contributed by atoms with van der Waals surface area (Å²) in [7, 11) is 0. The summed E-state index contributed by atoms with van der Waals surface area (Å²) in [6.07, 6.45) is 5.79. The predicted molar refractivity (Wildman–Crippen MR) is 122 cm³/mol. The van der Waals surface area contributed by atoms with Gasteiger partial charge in [-0.05, 0) is 61.8 Å². The van der Waals surface area contributed by atoms with E-state index < -0.39 is 5.91 Å². The Hall–Kier alpha value is -2.60. The minimum atomic E-state index is -0.471. The molecule has 2 aromatic heterocycles. The molecule has 0 unspecified atom stereocenters. The van der Waals surface area contributed by atoms with Crippen molar-refractivity contribution in [2.75, 3.05) is 11.4 Å². The van der Waals surface area contributed by atoms with Crippen LogP contribution in [0.15, 0.2) is 24.4 Å². The van der Waals surface area contributed by atoms with Crippen LogP contribution in [0, 0.1) is 6.92 Å². The van der Waals surface area contributed by atoms with Crippen molar-refractivity contribution in [3.8, 4) is 0 Å². The summed E-state index contributed by atoms with van der Waals surface area (Å²) in [4.78, 5) is 23.3. The quantitative estimate of drug-likeness (QED) is 0.599. The van der Waals surface area contributed by atoms with Gasteiger partial charge in [0.05, 0.1) is 16.1 Å². The number of hydrogen-bond donors (Lipinski definition) is 1. The van der Waals surface area contributed by atoms with E-state index in [9.17, 15) is 4.79 Å². The van der Waals surface area contributed by atoms with Crippen LogP contribution in [0.2, 0.25) is 5.02 Å². The van der Waals surface area contributed by atoms with Crippen LogP contribution < -0.4 is 10.6 Å². The highest BCUT2D eigenvalue weighted by Gasteiger charge is 2.27. The molecule has 2 N–H and O–H groups in total. The van der Waals surface area contributed by atoms with Crippen molar-refractivity contribution in [3.05, 3.63) is 46.1 Å². The number of aromatic nitrogens is 3. The number of carbonyl (C=O) groups is 1. The molecule has 0 aliphatic carbocycles. The summed E-state index contributed by atoms with van der Waals surface area (Å²) in [6, 6.07) is 5.93. The van der Waals surface area contributed by atoms with Gasteiger partial charge in [0.15, 0.2) is 0 Å². The van der Waals surface area contributed by atoms with Crippen molar-refractivity contribution in [1.29, 1.82) is 0 Å². The van der Waals surface area contributed by atoms with E-state index in [-0.39, 0.29) is 0 Å². The number of rotatable bonds is 5. The SMILES string of the molecule is CCC(CC)c1ccc(Cl)c2nc3n(c12)CCCCN3c1ncc(C(N)=O)cc1C. The number of nitrogens with zero attached hydrogens (tertiary/aromatic N) is 4. The molecule has 0 radical (unpaired) electrons. The molecule has 1 aliphatic heterocycles. The summed E-state index contributed by atoms with van der Waals surface area (Å²) >= 11 is 6.60. The second-order valence-electron chi connectivity index (χ2n) is 8.00.